The van der Waals surface area contributed by atoms with E-state index < -0.39 is 16.1 Å². The molecule has 0 aliphatic rings. The molecule has 9 nitrogen and oxygen atoms in total. The molecule has 2 aromatic heterocycles. The molecule has 1 atom stereocenters. The molecule has 12 heteroatoms. The summed E-state index contributed by atoms with van der Waals surface area (Å²) in [7, 11) is -3.92. The van der Waals surface area contributed by atoms with Gasteiger partial charge in [-0.05, 0) is 56.7 Å². The largest absolute Gasteiger partial charge is 0.424 e. The Hall–Kier alpha value is -2.96. The van der Waals surface area contributed by atoms with Crippen molar-refractivity contribution in [3.05, 3.63) is 53.6 Å². The second kappa shape index (κ2) is 8.29. The van der Waals surface area contributed by atoms with Gasteiger partial charge in [0, 0.05) is 6.54 Å². The Labute approximate surface area is 182 Å². The number of nitrogens with zero attached hydrogens (tertiary/aromatic N) is 5. The summed E-state index contributed by atoms with van der Waals surface area (Å²) in [5.74, 6) is 0.389. The van der Waals surface area contributed by atoms with Gasteiger partial charge in [0.25, 0.3) is 0 Å². The van der Waals surface area contributed by atoms with Gasteiger partial charge in [0.15, 0.2) is 5.82 Å². The summed E-state index contributed by atoms with van der Waals surface area (Å²) < 4.78 is 57.7. The number of halogens is 1. The monoisotopic (exact) mass is 462 g/mol. The van der Waals surface area contributed by atoms with E-state index in [0.717, 1.165) is 11.7 Å². The van der Waals surface area contributed by atoms with E-state index in [1.54, 1.807) is 30.5 Å². The lowest BCUT2D eigenvalue weighted by molar-refractivity contribution is 0.407. The van der Waals surface area contributed by atoms with Crippen LogP contribution in [0.5, 0.6) is 11.8 Å². The fourth-order valence-corrected chi connectivity index (χ4v) is 5.40. The average molecular weight is 463 g/mol. The fourth-order valence-electron chi connectivity index (χ4n) is 3.21. The molecule has 4 aromatic rings. The van der Waals surface area contributed by atoms with Crippen molar-refractivity contribution < 1.29 is 17.5 Å². The van der Waals surface area contributed by atoms with Crippen molar-refractivity contribution in [3.63, 3.8) is 0 Å². The van der Waals surface area contributed by atoms with E-state index >= 15 is 0 Å². The smallest absolute Gasteiger partial charge is 0.322 e. The minimum absolute atomic E-state index is 0.0935. The van der Waals surface area contributed by atoms with Crippen LogP contribution in [0.2, 0.25) is 0 Å². The first kappa shape index (κ1) is 21.3. The first-order chi connectivity index (χ1) is 14.8. The predicted octanol–water partition coefficient (Wildman–Crippen LogP) is 3.58. The Bertz CT molecular complexity index is 1330. The van der Waals surface area contributed by atoms with Crippen LogP contribution in [-0.2, 0) is 16.6 Å². The molecule has 0 saturated heterocycles. The summed E-state index contributed by atoms with van der Waals surface area (Å²) in [5.41, 5.74) is 1.43. The predicted molar refractivity (Wildman–Crippen MR) is 113 cm³/mol. The highest BCUT2D eigenvalue weighted by molar-refractivity contribution is 7.89. The highest BCUT2D eigenvalue weighted by Gasteiger charge is 2.27. The second-order valence-corrected chi connectivity index (χ2v) is 9.01. The molecule has 2 aromatic carbocycles. The molecule has 0 saturated carbocycles. The summed E-state index contributed by atoms with van der Waals surface area (Å²) in [6.07, 6.45) is 0. The number of sulfonamides is 1. The topological polar surface area (TPSA) is 112 Å². The molecule has 0 radical (unpaired) electrons. The van der Waals surface area contributed by atoms with Crippen LogP contribution in [0.4, 0.5) is 4.39 Å². The maximum absolute atomic E-state index is 13.2. The summed E-state index contributed by atoms with van der Waals surface area (Å²) in [4.78, 5) is 0.0935. The van der Waals surface area contributed by atoms with Gasteiger partial charge in [0.05, 0.1) is 17.8 Å². The number of ether oxygens (including phenoxy) is 1. The number of aromatic nitrogens is 5. The lowest BCUT2D eigenvalue weighted by Crippen LogP contribution is -2.29. The van der Waals surface area contributed by atoms with Gasteiger partial charge in [-0.1, -0.05) is 11.2 Å². The number of benzene rings is 2. The zero-order valence-corrected chi connectivity index (χ0v) is 18.5. The molecule has 2 heterocycles. The maximum Gasteiger partial charge on any atom is 0.322 e. The van der Waals surface area contributed by atoms with Crippen molar-refractivity contribution in [1.82, 2.24) is 28.2 Å². The molecule has 162 valence electrons. The summed E-state index contributed by atoms with van der Waals surface area (Å²) in [6, 6.07) is 8.41. The number of hydrogen-bond donors (Lipinski definition) is 1. The third-order valence-corrected chi connectivity index (χ3v) is 6.91. The zero-order chi connectivity index (χ0) is 22.2. The molecular weight excluding hydrogens is 443 g/mol. The van der Waals surface area contributed by atoms with Gasteiger partial charge in [0.1, 0.15) is 27.5 Å². The van der Waals surface area contributed by atoms with Gasteiger partial charge in [-0.15, -0.1) is 5.10 Å². The van der Waals surface area contributed by atoms with Crippen LogP contribution in [-0.4, -0.2) is 31.9 Å². The van der Waals surface area contributed by atoms with Crippen LogP contribution in [0.3, 0.4) is 0 Å². The van der Waals surface area contributed by atoms with E-state index in [4.69, 9.17) is 4.74 Å². The summed E-state index contributed by atoms with van der Waals surface area (Å²) in [6.45, 7) is 5.68. The molecule has 0 amide bonds. The molecule has 0 unspecified atom stereocenters. The minimum atomic E-state index is -3.92. The van der Waals surface area contributed by atoms with Crippen LogP contribution in [0.15, 0.2) is 41.3 Å². The van der Waals surface area contributed by atoms with Crippen molar-refractivity contribution in [1.29, 1.82) is 0 Å². The first-order valence-corrected chi connectivity index (χ1v) is 11.6. The van der Waals surface area contributed by atoms with Gasteiger partial charge in [-0.25, -0.2) is 17.5 Å². The third-order valence-electron chi connectivity index (χ3n) is 4.65. The Kier molecular flexibility index (Phi) is 5.69. The van der Waals surface area contributed by atoms with Crippen LogP contribution in [0.25, 0.3) is 11.0 Å². The van der Waals surface area contributed by atoms with E-state index in [0.29, 0.717) is 34.7 Å². The number of hydrogen-bond acceptors (Lipinski definition) is 8. The highest BCUT2D eigenvalue weighted by Crippen LogP contribution is 2.28. The van der Waals surface area contributed by atoms with Crippen LogP contribution in [0, 0.1) is 12.7 Å². The Balaban J connectivity index is 1.63. The molecular formula is C19H19FN6O3S2. The standard InChI is InChI=1S/C19H19FN6O3S2/c1-4-26-18(21-22-19(26)29-14-8-6-13(20)7-9-14)12(3)25-31(27,28)17-11(2)5-10-15-16(17)24-30-23-15/h5-10,12,25H,4H2,1-3H3/t12-/m1/s1. The lowest BCUT2D eigenvalue weighted by Gasteiger charge is -2.16. The molecule has 0 spiro atoms. The van der Waals surface area contributed by atoms with Crippen LogP contribution in [0.1, 0.15) is 31.3 Å². The van der Waals surface area contributed by atoms with E-state index in [1.807, 2.05) is 6.92 Å². The third kappa shape index (κ3) is 4.13. The quantitative estimate of drug-likeness (QED) is 0.447. The minimum Gasteiger partial charge on any atom is -0.424 e. The molecule has 0 bridgehead atoms. The zero-order valence-electron chi connectivity index (χ0n) is 16.9. The van der Waals surface area contributed by atoms with Crippen molar-refractivity contribution in [2.45, 2.75) is 38.3 Å². The number of aryl methyl sites for hydroxylation is 1. The molecule has 4 rings (SSSR count). The SMILES string of the molecule is CCn1c(Oc2ccc(F)cc2)nnc1[C@@H](C)NS(=O)(=O)c1c(C)ccc2nsnc12. The number of fused-ring (bicyclic) bond motifs is 1. The maximum atomic E-state index is 13.2. The first-order valence-electron chi connectivity index (χ1n) is 9.41. The highest BCUT2D eigenvalue weighted by atomic mass is 32.2. The van der Waals surface area contributed by atoms with Gasteiger partial charge in [0.2, 0.25) is 10.0 Å². The average Bonchev–Trinajstić information content (AvgIpc) is 3.35. The lowest BCUT2D eigenvalue weighted by atomic mass is 10.2. The summed E-state index contributed by atoms with van der Waals surface area (Å²) in [5, 5.41) is 8.14. The van der Waals surface area contributed by atoms with Crippen LogP contribution < -0.4 is 9.46 Å². The number of nitrogens with one attached hydrogen (secondary N) is 1. The summed E-state index contributed by atoms with van der Waals surface area (Å²) >= 11 is 0.960. The Morgan fingerprint density at radius 3 is 2.61 bits per heavy atom. The van der Waals surface area contributed by atoms with E-state index in [2.05, 4.69) is 23.7 Å². The van der Waals surface area contributed by atoms with E-state index in [9.17, 15) is 12.8 Å². The van der Waals surface area contributed by atoms with Gasteiger partial charge in [-0.2, -0.15) is 8.75 Å². The van der Waals surface area contributed by atoms with Gasteiger partial charge < -0.3 is 4.74 Å². The number of rotatable bonds is 7. The molecule has 1 N–H and O–H groups in total. The van der Waals surface area contributed by atoms with Crippen molar-refractivity contribution in [2.75, 3.05) is 0 Å². The van der Waals surface area contributed by atoms with E-state index in [-0.39, 0.29) is 16.7 Å². The molecule has 31 heavy (non-hydrogen) atoms. The van der Waals surface area contributed by atoms with Crippen molar-refractivity contribution >= 4 is 32.8 Å². The Morgan fingerprint density at radius 2 is 1.90 bits per heavy atom. The van der Waals surface area contributed by atoms with Crippen LogP contribution >= 0.6 is 11.7 Å². The second-order valence-electron chi connectivity index (χ2n) is 6.83. The molecule has 0 aliphatic carbocycles. The van der Waals surface area contributed by atoms with Crippen molar-refractivity contribution in [3.8, 4) is 11.8 Å². The van der Waals surface area contributed by atoms with Crippen molar-refractivity contribution in [2.24, 2.45) is 0 Å². The van der Waals surface area contributed by atoms with Gasteiger partial charge in [-0.3, -0.25) is 4.57 Å². The Morgan fingerprint density at radius 1 is 1.16 bits per heavy atom. The normalized spacial score (nSPS) is 12.9. The fraction of sp³-hybridized carbons (Fsp3) is 0.263. The molecule has 0 aliphatic heterocycles. The van der Waals surface area contributed by atoms with E-state index in [1.165, 1.54) is 24.3 Å². The van der Waals surface area contributed by atoms with Gasteiger partial charge >= 0.3 is 6.01 Å². The molecule has 0 fully saturated rings.